The quantitative estimate of drug-likeness (QED) is 0.718. The maximum atomic E-state index is 9.82. The Hall–Kier alpha value is -0.870. The molecule has 0 aliphatic heterocycles. The lowest BCUT2D eigenvalue weighted by Gasteiger charge is -2.09. The Morgan fingerprint density at radius 2 is 2.25 bits per heavy atom. The van der Waals surface area contributed by atoms with Gasteiger partial charge >= 0.3 is 0 Å². The van der Waals surface area contributed by atoms with Crippen molar-refractivity contribution in [1.29, 1.82) is 0 Å². The first kappa shape index (κ1) is 13.2. The van der Waals surface area contributed by atoms with Crippen molar-refractivity contribution >= 4 is 11.8 Å². The van der Waals surface area contributed by atoms with E-state index in [0.717, 1.165) is 24.3 Å². The Balaban J connectivity index is 2.41. The van der Waals surface area contributed by atoms with Crippen LogP contribution in [0.15, 0.2) is 18.2 Å². The largest absolute Gasteiger partial charge is 0.504 e. The fraction of sp³-hybridized carbons (Fsp3) is 0.500. The highest BCUT2D eigenvalue weighted by Gasteiger charge is 2.05. The highest BCUT2D eigenvalue weighted by atomic mass is 32.2. The zero-order valence-electron chi connectivity index (χ0n) is 9.82. The van der Waals surface area contributed by atoms with Crippen molar-refractivity contribution in [2.24, 2.45) is 0 Å². The van der Waals surface area contributed by atoms with Crippen LogP contribution in [0.4, 0.5) is 0 Å². The van der Waals surface area contributed by atoms with E-state index in [1.807, 2.05) is 23.9 Å². The van der Waals surface area contributed by atoms with Crippen molar-refractivity contribution in [2.75, 3.05) is 25.7 Å². The van der Waals surface area contributed by atoms with Crippen LogP contribution in [0.1, 0.15) is 12.0 Å². The first-order valence-electron chi connectivity index (χ1n) is 5.34. The molecule has 0 bridgehead atoms. The minimum Gasteiger partial charge on any atom is -0.504 e. The molecule has 0 aliphatic carbocycles. The summed E-state index contributed by atoms with van der Waals surface area (Å²) >= 11 is 1.85. The van der Waals surface area contributed by atoms with Crippen LogP contribution in [0.2, 0.25) is 0 Å². The predicted octanol–water partition coefficient (Wildman–Crippen LogP) is 2.24. The maximum absolute atomic E-state index is 9.82. The summed E-state index contributed by atoms with van der Waals surface area (Å²) in [5, 5.41) is 13.1. The van der Waals surface area contributed by atoms with E-state index in [0.29, 0.717) is 12.3 Å². The highest BCUT2D eigenvalue weighted by molar-refractivity contribution is 7.98. The van der Waals surface area contributed by atoms with E-state index in [4.69, 9.17) is 4.74 Å². The molecule has 0 radical (unpaired) electrons. The summed E-state index contributed by atoms with van der Waals surface area (Å²) in [7, 11) is 1.56. The lowest BCUT2D eigenvalue weighted by atomic mass is 10.2. The molecule has 4 heteroatoms. The highest BCUT2D eigenvalue weighted by Crippen LogP contribution is 2.28. The number of nitrogens with one attached hydrogen (secondary N) is 1. The van der Waals surface area contributed by atoms with Crippen LogP contribution < -0.4 is 10.1 Å². The first-order valence-corrected chi connectivity index (χ1v) is 6.73. The van der Waals surface area contributed by atoms with Crippen LogP contribution in [0.5, 0.6) is 11.5 Å². The van der Waals surface area contributed by atoms with Crippen molar-refractivity contribution in [1.82, 2.24) is 5.32 Å². The summed E-state index contributed by atoms with van der Waals surface area (Å²) < 4.78 is 5.05. The van der Waals surface area contributed by atoms with Gasteiger partial charge in [0, 0.05) is 12.1 Å². The molecule has 0 unspecified atom stereocenters. The number of methoxy groups -OCH3 is 1. The van der Waals surface area contributed by atoms with E-state index in [-0.39, 0.29) is 5.75 Å². The van der Waals surface area contributed by atoms with E-state index in [1.165, 1.54) is 0 Å². The number of aromatic hydroxyl groups is 1. The van der Waals surface area contributed by atoms with Gasteiger partial charge in [-0.05, 0) is 31.0 Å². The molecular formula is C12H19NO2S. The molecule has 2 N–H and O–H groups in total. The summed E-state index contributed by atoms with van der Waals surface area (Å²) in [6.45, 7) is 1.65. The third-order valence-corrected chi connectivity index (χ3v) is 3.02. The summed E-state index contributed by atoms with van der Waals surface area (Å²) in [4.78, 5) is 0. The second-order valence-corrected chi connectivity index (χ2v) is 4.48. The molecular weight excluding hydrogens is 222 g/mol. The number of para-hydroxylation sites is 1. The molecule has 1 aromatic carbocycles. The lowest BCUT2D eigenvalue weighted by Crippen LogP contribution is -2.15. The van der Waals surface area contributed by atoms with Crippen molar-refractivity contribution in [3.05, 3.63) is 23.8 Å². The number of phenols is 1. The average Bonchev–Trinajstić information content (AvgIpc) is 2.31. The Morgan fingerprint density at radius 3 is 2.94 bits per heavy atom. The third kappa shape index (κ3) is 3.94. The van der Waals surface area contributed by atoms with Crippen LogP contribution in [0.25, 0.3) is 0 Å². The summed E-state index contributed by atoms with van der Waals surface area (Å²) in [6.07, 6.45) is 3.25. The number of hydrogen-bond donors (Lipinski definition) is 2. The summed E-state index contributed by atoms with van der Waals surface area (Å²) in [5.74, 6) is 1.93. The molecule has 0 aliphatic rings. The van der Waals surface area contributed by atoms with Crippen LogP contribution in [0.3, 0.4) is 0 Å². The SMILES string of the molecule is COc1cccc(CNCCCSC)c1O. The van der Waals surface area contributed by atoms with Gasteiger partial charge in [0.1, 0.15) is 0 Å². The smallest absolute Gasteiger partial charge is 0.162 e. The minimum absolute atomic E-state index is 0.238. The van der Waals surface area contributed by atoms with Crippen molar-refractivity contribution in [3.8, 4) is 11.5 Å². The van der Waals surface area contributed by atoms with Crippen molar-refractivity contribution in [3.63, 3.8) is 0 Å². The normalized spacial score (nSPS) is 10.4. The minimum atomic E-state index is 0.238. The molecule has 3 nitrogen and oxygen atoms in total. The van der Waals surface area contributed by atoms with Gasteiger partial charge in [-0.15, -0.1) is 0 Å². The monoisotopic (exact) mass is 241 g/mol. The van der Waals surface area contributed by atoms with Gasteiger partial charge in [-0.3, -0.25) is 0 Å². The van der Waals surface area contributed by atoms with Gasteiger partial charge in [-0.2, -0.15) is 11.8 Å². The molecule has 0 spiro atoms. The van der Waals surface area contributed by atoms with Crippen LogP contribution in [-0.2, 0) is 6.54 Å². The van der Waals surface area contributed by atoms with Gasteiger partial charge < -0.3 is 15.2 Å². The Bertz CT molecular complexity index is 318. The molecule has 90 valence electrons. The molecule has 0 fully saturated rings. The maximum Gasteiger partial charge on any atom is 0.162 e. The molecule has 0 saturated carbocycles. The van der Waals surface area contributed by atoms with E-state index in [2.05, 4.69) is 11.6 Å². The Labute approximate surface area is 101 Å². The number of rotatable bonds is 7. The molecule has 0 aromatic heterocycles. The van der Waals surface area contributed by atoms with E-state index in [1.54, 1.807) is 13.2 Å². The third-order valence-electron chi connectivity index (χ3n) is 2.32. The number of ether oxygens (including phenoxy) is 1. The molecule has 0 amide bonds. The summed E-state index contributed by atoms with van der Waals surface area (Å²) in [5.41, 5.74) is 0.878. The second kappa shape index (κ2) is 7.41. The molecule has 0 heterocycles. The summed E-state index contributed by atoms with van der Waals surface area (Å²) in [6, 6.07) is 5.55. The van der Waals surface area contributed by atoms with Gasteiger partial charge in [0.15, 0.2) is 11.5 Å². The van der Waals surface area contributed by atoms with Gasteiger partial charge in [0.2, 0.25) is 0 Å². The zero-order chi connectivity index (χ0) is 11.8. The predicted molar refractivity (Wildman–Crippen MR) is 69.4 cm³/mol. The van der Waals surface area contributed by atoms with E-state index in [9.17, 15) is 5.11 Å². The lowest BCUT2D eigenvalue weighted by molar-refractivity contribution is 0.369. The molecule has 0 atom stereocenters. The first-order chi connectivity index (χ1) is 7.79. The second-order valence-electron chi connectivity index (χ2n) is 3.49. The number of benzene rings is 1. The van der Waals surface area contributed by atoms with Gasteiger partial charge in [0.05, 0.1) is 7.11 Å². The fourth-order valence-corrected chi connectivity index (χ4v) is 1.87. The molecule has 16 heavy (non-hydrogen) atoms. The van der Waals surface area contributed by atoms with Crippen LogP contribution >= 0.6 is 11.8 Å². The van der Waals surface area contributed by atoms with E-state index < -0.39 is 0 Å². The fourth-order valence-electron chi connectivity index (χ4n) is 1.44. The van der Waals surface area contributed by atoms with E-state index >= 15 is 0 Å². The average molecular weight is 241 g/mol. The zero-order valence-corrected chi connectivity index (χ0v) is 10.6. The van der Waals surface area contributed by atoms with Crippen LogP contribution in [-0.4, -0.2) is 30.8 Å². The topological polar surface area (TPSA) is 41.5 Å². The van der Waals surface area contributed by atoms with Crippen molar-refractivity contribution in [2.45, 2.75) is 13.0 Å². The van der Waals surface area contributed by atoms with Gasteiger partial charge in [-0.1, -0.05) is 12.1 Å². The number of thioether (sulfide) groups is 1. The number of phenolic OH excluding ortho intramolecular Hbond substituents is 1. The number of hydrogen-bond acceptors (Lipinski definition) is 4. The van der Waals surface area contributed by atoms with Gasteiger partial charge in [0.25, 0.3) is 0 Å². The van der Waals surface area contributed by atoms with Crippen LogP contribution in [0, 0.1) is 0 Å². The molecule has 1 rings (SSSR count). The molecule has 0 saturated heterocycles. The molecule has 1 aromatic rings. The van der Waals surface area contributed by atoms with Crippen molar-refractivity contribution < 1.29 is 9.84 Å². The Morgan fingerprint density at radius 1 is 1.44 bits per heavy atom. The van der Waals surface area contributed by atoms with Gasteiger partial charge in [-0.25, -0.2) is 0 Å². The standard InChI is InChI=1S/C12H19NO2S/c1-15-11-6-3-5-10(12(11)14)9-13-7-4-8-16-2/h3,5-6,13-14H,4,7-9H2,1-2H3. The Kier molecular flexibility index (Phi) is 6.11.